The smallest absolute Gasteiger partial charge is 0.338 e. The fraction of sp³-hybridized carbons (Fsp3) is 0.129. The fourth-order valence-corrected chi connectivity index (χ4v) is 5.40. The molecule has 0 radical (unpaired) electrons. The van der Waals surface area contributed by atoms with Gasteiger partial charge in [-0.1, -0.05) is 78.6 Å². The summed E-state index contributed by atoms with van der Waals surface area (Å²) < 4.78 is 26.9. The lowest BCUT2D eigenvalue weighted by molar-refractivity contribution is -0.138. The number of benzene rings is 3. The van der Waals surface area contributed by atoms with Gasteiger partial charge in [0.25, 0.3) is 5.56 Å². The third-order valence-electron chi connectivity index (χ3n) is 6.08. The topological polar surface area (TPSA) is 69.9 Å². The van der Waals surface area contributed by atoms with Crippen LogP contribution in [0.25, 0.3) is 11.8 Å². The van der Waals surface area contributed by atoms with Crippen LogP contribution in [0.1, 0.15) is 29.7 Å². The van der Waals surface area contributed by atoms with E-state index in [9.17, 15) is 14.0 Å². The number of rotatable bonds is 8. The number of carbonyl (C=O) groups excluding carboxylic acids is 1. The maximum atomic E-state index is 13.9. The zero-order chi connectivity index (χ0) is 27.4. The van der Waals surface area contributed by atoms with Crippen LogP contribution < -0.4 is 19.6 Å². The first kappa shape index (κ1) is 26.1. The Morgan fingerprint density at radius 3 is 2.59 bits per heavy atom. The number of fused-ring (bicyclic) bond motifs is 1. The maximum absolute atomic E-state index is 13.9. The van der Waals surface area contributed by atoms with Gasteiger partial charge >= 0.3 is 5.97 Å². The number of thiazole rings is 1. The molecule has 39 heavy (non-hydrogen) atoms. The first-order valence-electron chi connectivity index (χ1n) is 12.4. The van der Waals surface area contributed by atoms with E-state index in [4.69, 9.17) is 14.5 Å². The molecular formula is C31H25FN2O4S. The van der Waals surface area contributed by atoms with E-state index in [1.165, 1.54) is 28.0 Å². The summed E-state index contributed by atoms with van der Waals surface area (Å²) in [6.45, 7) is 5.90. The van der Waals surface area contributed by atoms with Crippen molar-refractivity contribution in [1.82, 2.24) is 4.57 Å². The Kier molecular flexibility index (Phi) is 7.65. The summed E-state index contributed by atoms with van der Waals surface area (Å²) in [7, 11) is 0. The molecule has 0 fully saturated rings. The van der Waals surface area contributed by atoms with Crippen molar-refractivity contribution < 1.29 is 18.7 Å². The molecule has 1 aliphatic rings. The first-order chi connectivity index (χ1) is 19.0. The largest absolute Gasteiger partial charge is 0.490 e. The molecule has 4 aromatic rings. The molecule has 0 saturated heterocycles. The molecule has 5 rings (SSSR count). The minimum absolute atomic E-state index is 0.148. The highest BCUT2D eigenvalue weighted by Gasteiger charge is 2.35. The predicted molar refractivity (Wildman–Crippen MR) is 150 cm³/mol. The standard InChI is InChI=1S/C31H25FN2O4S/c1-3-17-38-24-12-8-9-20(18-24)19-25-29(35)34-28(22-13-15-23(32)16-14-22)26(30(36)37-4-2)27(33-31(34)39-25)21-10-6-5-7-11-21/h3,5-16,18-19,28H,1,4,17H2,2H3/b25-19-/t28-/m0/s1. The van der Waals surface area contributed by atoms with Gasteiger partial charge in [-0.3, -0.25) is 9.36 Å². The van der Waals surface area contributed by atoms with Crippen molar-refractivity contribution in [2.45, 2.75) is 13.0 Å². The van der Waals surface area contributed by atoms with Crippen molar-refractivity contribution in [3.63, 3.8) is 0 Å². The van der Waals surface area contributed by atoms with Crippen molar-refractivity contribution in [2.24, 2.45) is 4.99 Å². The Morgan fingerprint density at radius 1 is 1.10 bits per heavy atom. The van der Waals surface area contributed by atoms with Crippen LogP contribution in [0, 0.1) is 5.82 Å². The Hall–Kier alpha value is -4.56. The number of nitrogens with zero attached hydrogens (tertiary/aromatic N) is 2. The van der Waals surface area contributed by atoms with Gasteiger partial charge in [-0.2, -0.15) is 0 Å². The molecule has 0 unspecified atom stereocenters. The van der Waals surface area contributed by atoms with Gasteiger partial charge in [-0.25, -0.2) is 14.2 Å². The van der Waals surface area contributed by atoms with Crippen LogP contribution in [-0.4, -0.2) is 23.8 Å². The SMILES string of the molecule is C=CCOc1cccc(/C=c2\sc3n(c2=O)[C@@H](c2ccc(F)cc2)C(C(=O)OCC)=C(c2ccccc2)N=3)c1. The van der Waals surface area contributed by atoms with Gasteiger partial charge < -0.3 is 9.47 Å². The summed E-state index contributed by atoms with van der Waals surface area (Å²) in [5.74, 6) is -0.359. The number of hydrogen-bond acceptors (Lipinski definition) is 6. The van der Waals surface area contributed by atoms with E-state index in [1.807, 2.05) is 54.6 Å². The molecule has 0 amide bonds. The fourth-order valence-electron chi connectivity index (χ4n) is 4.40. The summed E-state index contributed by atoms with van der Waals surface area (Å²) in [5.41, 5.74) is 2.35. The lowest BCUT2D eigenvalue weighted by atomic mass is 9.93. The third kappa shape index (κ3) is 5.37. The van der Waals surface area contributed by atoms with Crippen molar-refractivity contribution in [3.05, 3.63) is 139 Å². The Bertz CT molecular complexity index is 1740. The highest BCUT2D eigenvalue weighted by Crippen LogP contribution is 2.35. The molecule has 0 bridgehead atoms. The van der Waals surface area contributed by atoms with E-state index in [2.05, 4.69) is 6.58 Å². The highest BCUT2D eigenvalue weighted by molar-refractivity contribution is 7.07. The predicted octanol–water partition coefficient (Wildman–Crippen LogP) is 4.64. The molecule has 0 aliphatic carbocycles. The Morgan fingerprint density at radius 2 is 1.87 bits per heavy atom. The Balaban J connectivity index is 1.76. The summed E-state index contributed by atoms with van der Waals surface area (Å²) in [6.07, 6.45) is 3.42. The van der Waals surface area contributed by atoms with Crippen LogP contribution in [0.15, 0.2) is 107 Å². The molecule has 2 heterocycles. The lowest BCUT2D eigenvalue weighted by Crippen LogP contribution is -2.40. The normalized spacial score (nSPS) is 14.9. The zero-order valence-corrected chi connectivity index (χ0v) is 22.0. The van der Waals surface area contributed by atoms with Gasteiger partial charge in [0.2, 0.25) is 0 Å². The molecule has 0 N–H and O–H groups in total. The second-order valence-electron chi connectivity index (χ2n) is 8.66. The van der Waals surface area contributed by atoms with Crippen molar-refractivity contribution >= 4 is 29.1 Å². The maximum Gasteiger partial charge on any atom is 0.338 e. The molecule has 6 nitrogen and oxygen atoms in total. The van der Waals surface area contributed by atoms with Gasteiger partial charge in [0, 0.05) is 5.56 Å². The van der Waals surface area contributed by atoms with E-state index in [-0.39, 0.29) is 17.7 Å². The van der Waals surface area contributed by atoms with Crippen LogP contribution in [0.3, 0.4) is 0 Å². The van der Waals surface area contributed by atoms with Crippen molar-refractivity contribution in [2.75, 3.05) is 13.2 Å². The lowest BCUT2D eigenvalue weighted by Gasteiger charge is -2.25. The van der Waals surface area contributed by atoms with E-state index >= 15 is 0 Å². The quantitative estimate of drug-likeness (QED) is 0.241. The Labute approximate surface area is 228 Å². The molecule has 0 saturated carbocycles. The monoisotopic (exact) mass is 540 g/mol. The summed E-state index contributed by atoms with van der Waals surface area (Å²) >= 11 is 1.22. The third-order valence-corrected chi connectivity index (χ3v) is 7.07. The van der Waals surface area contributed by atoms with Crippen LogP contribution in [0.5, 0.6) is 5.75 Å². The van der Waals surface area contributed by atoms with Crippen LogP contribution in [0.2, 0.25) is 0 Å². The van der Waals surface area contributed by atoms with Crippen LogP contribution in [-0.2, 0) is 9.53 Å². The van der Waals surface area contributed by atoms with E-state index in [1.54, 1.807) is 31.2 Å². The molecule has 1 atom stereocenters. The van der Waals surface area contributed by atoms with Gasteiger partial charge in [0.15, 0.2) is 4.80 Å². The van der Waals surface area contributed by atoms with Gasteiger partial charge in [-0.15, -0.1) is 0 Å². The first-order valence-corrected chi connectivity index (χ1v) is 13.2. The van der Waals surface area contributed by atoms with Crippen molar-refractivity contribution in [1.29, 1.82) is 0 Å². The second-order valence-corrected chi connectivity index (χ2v) is 9.66. The van der Waals surface area contributed by atoms with E-state index in [0.717, 1.165) is 5.56 Å². The second kappa shape index (κ2) is 11.4. The molecule has 1 aliphatic heterocycles. The van der Waals surface area contributed by atoms with E-state index < -0.39 is 17.8 Å². The number of aromatic nitrogens is 1. The summed E-state index contributed by atoms with van der Waals surface area (Å²) in [5, 5.41) is 0. The molecular weight excluding hydrogens is 515 g/mol. The van der Waals surface area contributed by atoms with Crippen LogP contribution >= 0.6 is 11.3 Å². The number of carbonyl (C=O) groups is 1. The summed E-state index contributed by atoms with van der Waals surface area (Å²) in [6, 6.07) is 21.6. The number of ether oxygens (including phenoxy) is 2. The van der Waals surface area contributed by atoms with Gasteiger partial charge in [0.05, 0.1) is 28.5 Å². The number of esters is 1. The average Bonchev–Trinajstić information content (AvgIpc) is 3.26. The van der Waals surface area contributed by atoms with Crippen molar-refractivity contribution in [3.8, 4) is 5.75 Å². The molecule has 8 heteroatoms. The molecule has 196 valence electrons. The number of halogens is 1. The minimum Gasteiger partial charge on any atom is -0.490 e. The molecule has 1 aromatic heterocycles. The number of hydrogen-bond donors (Lipinski definition) is 0. The summed E-state index contributed by atoms with van der Waals surface area (Å²) in [4.78, 5) is 32.5. The zero-order valence-electron chi connectivity index (χ0n) is 21.2. The van der Waals surface area contributed by atoms with Gasteiger partial charge in [-0.05, 0) is 48.4 Å². The molecule has 3 aromatic carbocycles. The van der Waals surface area contributed by atoms with Crippen LogP contribution in [0.4, 0.5) is 4.39 Å². The highest BCUT2D eigenvalue weighted by atomic mass is 32.1. The van der Waals surface area contributed by atoms with Gasteiger partial charge in [0.1, 0.15) is 18.2 Å². The minimum atomic E-state index is -0.861. The average molecular weight is 541 g/mol. The molecule has 0 spiro atoms. The van der Waals surface area contributed by atoms with E-state index in [0.29, 0.717) is 38.5 Å².